The summed E-state index contributed by atoms with van der Waals surface area (Å²) in [4.78, 5) is 16.5. The average molecular weight is 337 g/mol. The van der Waals surface area contributed by atoms with Crippen molar-refractivity contribution in [2.45, 2.75) is 25.2 Å². The maximum Gasteiger partial charge on any atom is 0.233 e. The van der Waals surface area contributed by atoms with Gasteiger partial charge in [-0.05, 0) is 46.3 Å². The molecule has 0 radical (unpaired) electrons. The third kappa shape index (κ3) is 2.72. The number of nitrogens with zero attached hydrogens (tertiary/aromatic N) is 1. The number of anilines is 1. The smallest absolute Gasteiger partial charge is 0.233 e. The van der Waals surface area contributed by atoms with Crippen molar-refractivity contribution in [1.29, 1.82) is 0 Å². The first kappa shape index (κ1) is 12.8. The van der Waals surface area contributed by atoms with E-state index < -0.39 is 0 Å². The van der Waals surface area contributed by atoms with Gasteiger partial charge in [0.15, 0.2) is 5.13 Å². The van der Waals surface area contributed by atoms with Crippen molar-refractivity contribution in [3.8, 4) is 0 Å². The Bertz CT molecular complexity index is 611. The molecular formula is C14H13BrN2OS. The standard InChI is InChI=1S/C14H13BrN2OS/c15-12-8-16-14(19-12)17-13(18)11-7-3-5-9-4-1-2-6-10(9)11/h1-2,4,6,8,11H,3,5,7H2,(H,16,17,18). The summed E-state index contributed by atoms with van der Waals surface area (Å²) in [6, 6.07) is 8.23. The SMILES string of the molecule is O=C(Nc1ncc(Br)s1)C1CCCc2ccccc21. The van der Waals surface area contributed by atoms with Crippen molar-refractivity contribution < 1.29 is 4.79 Å². The molecule has 1 aromatic carbocycles. The molecule has 0 spiro atoms. The lowest BCUT2D eigenvalue weighted by Gasteiger charge is -2.24. The highest BCUT2D eigenvalue weighted by atomic mass is 79.9. The van der Waals surface area contributed by atoms with Crippen LogP contribution >= 0.6 is 27.3 Å². The van der Waals surface area contributed by atoms with Gasteiger partial charge in [-0.15, -0.1) is 0 Å². The molecule has 1 N–H and O–H groups in total. The van der Waals surface area contributed by atoms with Crippen LogP contribution in [0.4, 0.5) is 5.13 Å². The van der Waals surface area contributed by atoms with Crippen LogP contribution in [0.1, 0.15) is 29.9 Å². The highest BCUT2D eigenvalue weighted by Gasteiger charge is 2.26. The Labute approximate surface area is 124 Å². The van der Waals surface area contributed by atoms with Gasteiger partial charge in [-0.1, -0.05) is 35.6 Å². The molecule has 0 aliphatic heterocycles. The van der Waals surface area contributed by atoms with Gasteiger partial charge in [-0.2, -0.15) is 0 Å². The Kier molecular flexibility index (Phi) is 3.66. The van der Waals surface area contributed by atoms with E-state index in [4.69, 9.17) is 0 Å². The monoisotopic (exact) mass is 336 g/mol. The summed E-state index contributed by atoms with van der Waals surface area (Å²) < 4.78 is 0.923. The van der Waals surface area contributed by atoms with Crippen LogP contribution in [-0.4, -0.2) is 10.9 Å². The van der Waals surface area contributed by atoms with Crippen molar-refractivity contribution >= 4 is 38.3 Å². The number of hydrogen-bond acceptors (Lipinski definition) is 3. The van der Waals surface area contributed by atoms with Crippen molar-refractivity contribution in [1.82, 2.24) is 4.98 Å². The first-order valence-corrected chi connectivity index (χ1v) is 7.85. The predicted molar refractivity (Wildman–Crippen MR) is 80.6 cm³/mol. The summed E-state index contributed by atoms with van der Waals surface area (Å²) in [6.07, 6.45) is 4.75. The third-order valence-corrected chi connectivity index (χ3v) is 4.79. The number of aryl methyl sites for hydroxylation is 1. The number of nitrogens with one attached hydrogen (secondary N) is 1. The van der Waals surface area contributed by atoms with E-state index in [-0.39, 0.29) is 11.8 Å². The van der Waals surface area contributed by atoms with Gasteiger partial charge in [0.2, 0.25) is 5.91 Å². The molecule has 0 fully saturated rings. The number of carbonyl (C=O) groups is 1. The Morgan fingerprint density at radius 2 is 2.26 bits per heavy atom. The summed E-state index contributed by atoms with van der Waals surface area (Å²) >= 11 is 4.78. The number of rotatable bonds is 2. The van der Waals surface area contributed by atoms with Gasteiger partial charge in [-0.3, -0.25) is 4.79 Å². The fourth-order valence-corrected chi connectivity index (χ4v) is 3.64. The molecule has 1 aliphatic carbocycles. The molecule has 19 heavy (non-hydrogen) atoms. The van der Waals surface area contributed by atoms with Gasteiger partial charge in [0.05, 0.1) is 15.9 Å². The van der Waals surface area contributed by atoms with E-state index in [2.05, 4.69) is 38.4 Å². The molecule has 1 heterocycles. The highest BCUT2D eigenvalue weighted by molar-refractivity contribution is 9.11. The molecule has 3 rings (SSSR count). The third-order valence-electron chi connectivity index (χ3n) is 3.39. The quantitative estimate of drug-likeness (QED) is 0.901. The predicted octanol–water partition coefficient (Wildman–Crippen LogP) is 3.96. The first-order valence-electron chi connectivity index (χ1n) is 6.24. The van der Waals surface area contributed by atoms with E-state index >= 15 is 0 Å². The molecule has 0 bridgehead atoms. The zero-order valence-corrected chi connectivity index (χ0v) is 12.6. The molecule has 1 atom stereocenters. The van der Waals surface area contributed by atoms with E-state index in [1.54, 1.807) is 6.20 Å². The lowest BCUT2D eigenvalue weighted by atomic mass is 9.82. The second-order valence-corrected chi connectivity index (χ2v) is 7.01. The van der Waals surface area contributed by atoms with Gasteiger partial charge in [0.25, 0.3) is 0 Å². The van der Waals surface area contributed by atoms with Crippen LogP contribution in [0.25, 0.3) is 0 Å². The molecule has 0 saturated heterocycles. The molecule has 2 aromatic rings. The van der Waals surface area contributed by atoms with Crippen LogP contribution in [0.5, 0.6) is 0 Å². The normalized spacial score (nSPS) is 17.8. The fourth-order valence-electron chi connectivity index (χ4n) is 2.53. The summed E-state index contributed by atoms with van der Waals surface area (Å²) in [5.41, 5.74) is 2.47. The fraction of sp³-hybridized carbons (Fsp3) is 0.286. The number of carbonyl (C=O) groups excluding carboxylic acids is 1. The number of halogens is 1. The molecule has 1 aliphatic rings. The molecule has 1 aromatic heterocycles. The minimum absolute atomic E-state index is 0.0485. The Morgan fingerprint density at radius 3 is 3.05 bits per heavy atom. The number of thiazole rings is 1. The summed E-state index contributed by atoms with van der Waals surface area (Å²) in [5, 5.41) is 3.56. The molecule has 98 valence electrons. The summed E-state index contributed by atoms with van der Waals surface area (Å²) in [7, 11) is 0. The molecule has 5 heteroatoms. The van der Waals surface area contributed by atoms with Gasteiger partial charge >= 0.3 is 0 Å². The second-order valence-electron chi connectivity index (χ2n) is 4.60. The molecular weight excluding hydrogens is 324 g/mol. The van der Waals surface area contributed by atoms with Crippen molar-refractivity contribution in [3.63, 3.8) is 0 Å². The zero-order chi connectivity index (χ0) is 13.2. The minimum atomic E-state index is -0.0485. The van der Waals surface area contributed by atoms with Crippen LogP contribution in [0, 0.1) is 0 Å². The number of amides is 1. The van der Waals surface area contributed by atoms with Gasteiger partial charge < -0.3 is 5.32 Å². The average Bonchev–Trinajstić information content (AvgIpc) is 2.83. The van der Waals surface area contributed by atoms with Crippen LogP contribution in [0.3, 0.4) is 0 Å². The molecule has 1 unspecified atom stereocenters. The van der Waals surface area contributed by atoms with Gasteiger partial charge in [-0.25, -0.2) is 4.98 Å². The van der Waals surface area contributed by atoms with Crippen LogP contribution in [0.15, 0.2) is 34.2 Å². The van der Waals surface area contributed by atoms with Crippen LogP contribution in [0.2, 0.25) is 0 Å². The number of fused-ring (bicyclic) bond motifs is 1. The van der Waals surface area contributed by atoms with Crippen LogP contribution < -0.4 is 5.32 Å². The molecule has 3 nitrogen and oxygen atoms in total. The second kappa shape index (κ2) is 5.43. The topological polar surface area (TPSA) is 42.0 Å². The minimum Gasteiger partial charge on any atom is -0.301 e. The van der Waals surface area contributed by atoms with Crippen molar-refractivity contribution in [2.24, 2.45) is 0 Å². The van der Waals surface area contributed by atoms with E-state index in [0.717, 1.165) is 23.0 Å². The van der Waals surface area contributed by atoms with E-state index in [9.17, 15) is 4.79 Å². The molecule has 1 amide bonds. The van der Waals surface area contributed by atoms with E-state index in [1.807, 2.05) is 12.1 Å². The molecule has 0 saturated carbocycles. The first-order chi connectivity index (χ1) is 9.24. The van der Waals surface area contributed by atoms with Crippen molar-refractivity contribution in [3.05, 3.63) is 45.4 Å². The maximum absolute atomic E-state index is 12.4. The number of benzene rings is 1. The number of aromatic nitrogens is 1. The van der Waals surface area contributed by atoms with E-state index in [1.165, 1.54) is 22.5 Å². The van der Waals surface area contributed by atoms with Gasteiger partial charge in [0, 0.05) is 0 Å². The van der Waals surface area contributed by atoms with E-state index in [0.29, 0.717) is 5.13 Å². The maximum atomic E-state index is 12.4. The van der Waals surface area contributed by atoms with Crippen molar-refractivity contribution in [2.75, 3.05) is 5.32 Å². The zero-order valence-electron chi connectivity index (χ0n) is 10.2. The Hall–Kier alpha value is -1.20. The highest BCUT2D eigenvalue weighted by Crippen LogP contribution is 2.33. The van der Waals surface area contributed by atoms with Gasteiger partial charge in [0.1, 0.15) is 0 Å². The lowest BCUT2D eigenvalue weighted by Crippen LogP contribution is -2.24. The lowest BCUT2D eigenvalue weighted by molar-refractivity contribution is -0.117. The summed E-state index contributed by atoms with van der Waals surface area (Å²) in [6.45, 7) is 0. The van der Waals surface area contributed by atoms with Crippen LogP contribution in [-0.2, 0) is 11.2 Å². The Morgan fingerprint density at radius 1 is 1.42 bits per heavy atom. The summed E-state index contributed by atoms with van der Waals surface area (Å²) in [5.74, 6) is 0.00151. The largest absolute Gasteiger partial charge is 0.301 e. The Balaban J connectivity index is 1.81. The number of hydrogen-bond donors (Lipinski definition) is 1.